The van der Waals surface area contributed by atoms with E-state index in [1.54, 1.807) is 0 Å². The third-order valence-electron chi connectivity index (χ3n) is 6.80. The van der Waals surface area contributed by atoms with Gasteiger partial charge in [-0.3, -0.25) is 9.59 Å². The van der Waals surface area contributed by atoms with E-state index in [0.29, 0.717) is 25.5 Å². The monoisotopic (exact) mass is 541 g/mol. The Morgan fingerprint density at radius 3 is 1.37 bits per heavy atom. The topological polar surface area (TPSA) is 74.3 Å². The molecule has 0 aliphatic heterocycles. The summed E-state index contributed by atoms with van der Waals surface area (Å²) in [6.45, 7) is 3.05. The molecule has 0 radical (unpaired) electrons. The van der Waals surface area contributed by atoms with Crippen LogP contribution in [0.4, 0.5) is 0 Å². The number of rotatable bonds is 28. The van der Waals surface area contributed by atoms with Crippen LogP contribution in [0.15, 0.2) is 12.2 Å². The number of likely N-dealkylation sites (N-methyl/N-ethyl adjacent to an activating group) is 1. The first-order valence-corrected chi connectivity index (χ1v) is 15.1. The minimum atomic E-state index is -0.112. The van der Waals surface area contributed by atoms with Gasteiger partial charge < -0.3 is 23.8 Å². The summed E-state index contributed by atoms with van der Waals surface area (Å²) in [5.41, 5.74) is 0. The van der Waals surface area contributed by atoms with Crippen LogP contribution in [0.2, 0.25) is 0 Å². The molecular weight excluding hydrogens is 482 g/mol. The van der Waals surface area contributed by atoms with Crippen LogP contribution in [0, 0.1) is 0 Å². The first-order chi connectivity index (χ1) is 18.5. The molecule has 0 aromatic rings. The van der Waals surface area contributed by atoms with Crippen LogP contribution in [-0.4, -0.2) is 77.6 Å². The van der Waals surface area contributed by atoms with Crippen molar-refractivity contribution in [3.8, 4) is 0 Å². The summed E-state index contributed by atoms with van der Waals surface area (Å²) in [6, 6.07) is 0.294. The van der Waals surface area contributed by atoms with E-state index in [0.717, 1.165) is 84.0 Å². The van der Waals surface area contributed by atoms with Gasteiger partial charge in [-0.05, 0) is 65.5 Å². The Labute approximate surface area is 234 Å². The second kappa shape index (κ2) is 28.6. The van der Waals surface area contributed by atoms with Crippen LogP contribution >= 0.6 is 0 Å². The number of hydrogen-bond acceptors (Lipinski definition) is 7. The molecule has 0 aliphatic carbocycles. The number of carbonyl (C=O) groups excluding carboxylic acids is 2. The molecule has 0 amide bonds. The quantitative estimate of drug-likeness (QED) is 0.0607. The van der Waals surface area contributed by atoms with Gasteiger partial charge in [-0.1, -0.05) is 63.5 Å². The highest BCUT2D eigenvalue weighted by atomic mass is 16.5. The lowest BCUT2D eigenvalue weighted by Gasteiger charge is -2.24. The molecular formula is C31H59NO6. The Morgan fingerprint density at radius 2 is 0.947 bits per heavy atom. The molecule has 0 aliphatic rings. The summed E-state index contributed by atoms with van der Waals surface area (Å²) in [6.07, 6.45) is 24.0. The zero-order chi connectivity index (χ0) is 28.1. The Bertz CT molecular complexity index is 567. The molecule has 0 rings (SSSR count). The van der Waals surface area contributed by atoms with Gasteiger partial charge in [0.05, 0.1) is 33.5 Å². The molecule has 0 fully saturated rings. The predicted molar refractivity (Wildman–Crippen MR) is 155 cm³/mol. The molecule has 0 aromatic heterocycles. The van der Waals surface area contributed by atoms with Crippen LogP contribution < -0.4 is 0 Å². The smallest absolute Gasteiger partial charge is 0.305 e. The third kappa shape index (κ3) is 26.2. The van der Waals surface area contributed by atoms with Gasteiger partial charge in [0, 0.05) is 26.1 Å². The van der Waals surface area contributed by atoms with E-state index >= 15 is 0 Å². The molecule has 1 unspecified atom stereocenters. The second-order valence-corrected chi connectivity index (χ2v) is 10.4. The van der Waals surface area contributed by atoms with Crippen LogP contribution in [0.1, 0.15) is 116 Å². The molecule has 7 nitrogen and oxygen atoms in total. The molecule has 0 spiro atoms. The molecule has 0 aromatic carbocycles. The molecule has 7 heteroatoms. The van der Waals surface area contributed by atoms with Gasteiger partial charge in [0.15, 0.2) is 0 Å². The first kappa shape index (κ1) is 36.6. The normalized spacial score (nSPS) is 12.3. The van der Waals surface area contributed by atoms with E-state index in [1.165, 1.54) is 52.7 Å². The number of unbranched alkanes of at least 4 members (excludes halogenated alkanes) is 13. The van der Waals surface area contributed by atoms with E-state index in [2.05, 4.69) is 40.6 Å². The van der Waals surface area contributed by atoms with Gasteiger partial charge in [-0.2, -0.15) is 0 Å². The second-order valence-electron chi connectivity index (χ2n) is 10.4. The maximum atomic E-state index is 11.1. The maximum absolute atomic E-state index is 11.1. The molecule has 0 N–H and O–H groups in total. The van der Waals surface area contributed by atoms with Gasteiger partial charge in [-0.25, -0.2) is 0 Å². The van der Waals surface area contributed by atoms with E-state index in [4.69, 9.17) is 9.47 Å². The van der Waals surface area contributed by atoms with Crippen molar-refractivity contribution in [3.63, 3.8) is 0 Å². The number of nitrogens with zero attached hydrogens (tertiary/aromatic N) is 1. The largest absolute Gasteiger partial charge is 0.469 e. The lowest BCUT2D eigenvalue weighted by atomic mass is 10.1. The Morgan fingerprint density at radius 1 is 0.579 bits per heavy atom. The number of ether oxygens (including phenoxy) is 4. The number of carbonyl (C=O) groups is 2. The van der Waals surface area contributed by atoms with Gasteiger partial charge in [0.2, 0.25) is 0 Å². The SMILES string of the molecule is COC(=O)CCCCC/C=C\CCCCCCCCOCC(COCCCCCCCC(=O)OC)N(C)C. The van der Waals surface area contributed by atoms with Crippen molar-refractivity contribution in [1.82, 2.24) is 4.90 Å². The van der Waals surface area contributed by atoms with Crippen LogP contribution in [0.5, 0.6) is 0 Å². The van der Waals surface area contributed by atoms with Crippen molar-refractivity contribution in [3.05, 3.63) is 12.2 Å². The highest BCUT2D eigenvalue weighted by Crippen LogP contribution is 2.10. The van der Waals surface area contributed by atoms with Crippen molar-refractivity contribution in [1.29, 1.82) is 0 Å². The lowest BCUT2D eigenvalue weighted by molar-refractivity contribution is -0.141. The van der Waals surface area contributed by atoms with E-state index in [-0.39, 0.29) is 11.9 Å². The van der Waals surface area contributed by atoms with Gasteiger partial charge in [-0.15, -0.1) is 0 Å². The third-order valence-corrected chi connectivity index (χ3v) is 6.80. The van der Waals surface area contributed by atoms with Crippen molar-refractivity contribution >= 4 is 11.9 Å². The predicted octanol–water partition coefficient (Wildman–Crippen LogP) is 6.87. The molecule has 224 valence electrons. The van der Waals surface area contributed by atoms with Crippen LogP contribution in [-0.2, 0) is 28.5 Å². The molecule has 38 heavy (non-hydrogen) atoms. The fourth-order valence-electron chi connectivity index (χ4n) is 4.11. The Hall–Kier alpha value is -1.44. The van der Waals surface area contributed by atoms with Gasteiger partial charge in [0.1, 0.15) is 0 Å². The summed E-state index contributed by atoms with van der Waals surface area (Å²) in [5, 5.41) is 0. The van der Waals surface area contributed by atoms with Crippen molar-refractivity contribution < 1.29 is 28.5 Å². The fraction of sp³-hybridized carbons (Fsp3) is 0.871. The van der Waals surface area contributed by atoms with Crippen molar-refractivity contribution in [2.75, 3.05) is 54.7 Å². The Kier molecular flexibility index (Phi) is 27.5. The highest BCUT2D eigenvalue weighted by molar-refractivity contribution is 5.69. The minimum absolute atomic E-state index is 0.100. The fourth-order valence-corrected chi connectivity index (χ4v) is 4.11. The minimum Gasteiger partial charge on any atom is -0.469 e. The average Bonchev–Trinajstić information content (AvgIpc) is 2.91. The average molecular weight is 542 g/mol. The number of methoxy groups -OCH3 is 2. The van der Waals surface area contributed by atoms with Crippen molar-refractivity contribution in [2.45, 2.75) is 122 Å². The zero-order valence-corrected chi connectivity index (χ0v) is 25.2. The lowest BCUT2D eigenvalue weighted by Crippen LogP contribution is -2.37. The first-order valence-electron chi connectivity index (χ1n) is 15.1. The summed E-state index contributed by atoms with van der Waals surface area (Å²) >= 11 is 0. The van der Waals surface area contributed by atoms with E-state index < -0.39 is 0 Å². The molecule has 0 saturated carbocycles. The van der Waals surface area contributed by atoms with E-state index in [9.17, 15) is 9.59 Å². The maximum Gasteiger partial charge on any atom is 0.305 e. The number of allylic oxidation sites excluding steroid dienone is 2. The summed E-state index contributed by atoms with van der Waals surface area (Å²) in [7, 11) is 7.06. The summed E-state index contributed by atoms with van der Waals surface area (Å²) in [5.74, 6) is -0.212. The van der Waals surface area contributed by atoms with Crippen LogP contribution in [0.25, 0.3) is 0 Å². The molecule has 1 atom stereocenters. The molecule has 0 bridgehead atoms. The zero-order valence-electron chi connectivity index (χ0n) is 25.2. The Balaban J connectivity index is 3.46. The highest BCUT2D eigenvalue weighted by Gasteiger charge is 2.11. The molecule has 0 saturated heterocycles. The summed E-state index contributed by atoms with van der Waals surface area (Å²) in [4.78, 5) is 24.3. The number of hydrogen-bond donors (Lipinski definition) is 0. The van der Waals surface area contributed by atoms with E-state index in [1.807, 2.05) is 0 Å². The molecule has 0 heterocycles. The van der Waals surface area contributed by atoms with Crippen LogP contribution in [0.3, 0.4) is 0 Å². The standard InChI is InChI=1S/C31H59NO6/c1-32(2)29(28-38-26-22-18-14-16-20-24-31(34)36-4)27-37-25-21-17-13-11-9-7-5-6-8-10-12-15-19-23-30(33)35-3/h6,8,29H,5,7,9-28H2,1-4H3/b8-6-. The van der Waals surface area contributed by atoms with Gasteiger partial charge >= 0.3 is 11.9 Å². The summed E-state index contributed by atoms with van der Waals surface area (Å²) < 4.78 is 21.1. The van der Waals surface area contributed by atoms with Gasteiger partial charge in [0.25, 0.3) is 0 Å². The number of esters is 2. The van der Waals surface area contributed by atoms with Crippen molar-refractivity contribution in [2.24, 2.45) is 0 Å².